The monoisotopic (exact) mass is 436 g/mol. The van der Waals surface area contributed by atoms with Crippen molar-refractivity contribution in [3.05, 3.63) is 96.6 Å². The van der Waals surface area contributed by atoms with Gasteiger partial charge in [-0.05, 0) is 23.8 Å². The number of nitrogens with zero attached hydrogens (tertiary/aromatic N) is 2. The first-order chi connectivity index (χ1) is 16.3. The smallest absolute Gasteiger partial charge is 0.245 e. The molecule has 1 aromatic heterocycles. The molecule has 0 aliphatic heterocycles. The average Bonchev–Trinajstić information content (AvgIpc) is 3.25. The van der Waals surface area contributed by atoms with Crippen molar-refractivity contribution in [1.82, 2.24) is 9.78 Å². The van der Waals surface area contributed by atoms with Crippen molar-refractivity contribution >= 4 is 27.8 Å². The van der Waals surface area contributed by atoms with Crippen molar-refractivity contribution in [3.63, 3.8) is 0 Å². The van der Waals surface area contributed by atoms with Crippen LogP contribution in [0.4, 0.5) is 0 Å². The zero-order chi connectivity index (χ0) is 22.6. The summed E-state index contributed by atoms with van der Waals surface area (Å²) in [6, 6.07) is 28.1. The Kier molecular flexibility index (Phi) is 5.68. The fraction of sp³-hybridized carbons (Fsp3) is 0.107. The molecule has 0 aliphatic rings. The number of para-hydroxylation sites is 1. The van der Waals surface area contributed by atoms with E-state index in [9.17, 15) is 0 Å². The maximum absolute atomic E-state index is 6.18. The quantitative estimate of drug-likeness (QED) is 0.301. The molecule has 33 heavy (non-hydrogen) atoms. The van der Waals surface area contributed by atoms with Gasteiger partial charge < -0.3 is 14.2 Å². The van der Waals surface area contributed by atoms with Gasteiger partial charge in [-0.3, -0.25) is 0 Å². The molecule has 4 aromatic carbocycles. The van der Waals surface area contributed by atoms with E-state index in [4.69, 9.17) is 19.3 Å². The fourth-order valence-electron chi connectivity index (χ4n) is 4.10. The van der Waals surface area contributed by atoms with Crippen LogP contribution < -0.4 is 14.2 Å². The summed E-state index contributed by atoms with van der Waals surface area (Å²) in [4.78, 5) is 0. The molecule has 0 saturated carbocycles. The van der Waals surface area contributed by atoms with Crippen LogP contribution in [0, 0.1) is 0 Å². The highest BCUT2D eigenvalue weighted by Gasteiger charge is 2.25. The van der Waals surface area contributed by atoms with Crippen molar-refractivity contribution in [2.24, 2.45) is 0 Å². The highest BCUT2D eigenvalue weighted by molar-refractivity contribution is 6.12. The molecule has 0 fully saturated rings. The van der Waals surface area contributed by atoms with E-state index in [0.717, 1.165) is 38.7 Å². The van der Waals surface area contributed by atoms with Gasteiger partial charge in [-0.25, -0.2) is 4.68 Å². The predicted molar refractivity (Wildman–Crippen MR) is 133 cm³/mol. The number of methoxy groups -OCH3 is 2. The summed E-state index contributed by atoms with van der Waals surface area (Å²) < 4.78 is 19.9. The maximum atomic E-state index is 6.18. The van der Waals surface area contributed by atoms with E-state index < -0.39 is 0 Å². The van der Waals surface area contributed by atoms with Gasteiger partial charge in [-0.2, -0.15) is 0 Å². The van der Waals surface area contributed by atoms with E-state index in [1.165, 1.54) is 0 Å². The maximum Gasteiger partial charge on any atom is 0.245 e. The molecule has 164 valence electrons. The zero-order valence-electron chi connectivity index (χ0n) is 18.6. The lowest BCUT2D eigenvalue weighted by Gasteiger charge is -2.14. The molecule has 0 bridgehead atoms. The lowest BCUT2D eigenvalue weighted by Crippen LogP contribution is -1.99. The minimum absolute atomic E-state index is 0.369. The van der Waals surface area contributed by atoms with Gasteiger partial charge in [0.25, 0.3) is 0 Å². The third-order valence-electron chi connectivity index (χ3n) is 5.55. The van der Waals surface area contributed by atoms with E-state index in [0.29, 0.717) is 18.2 Å². The van der Waals surface area contributed by atoms with Gasteiger partial charge in [0, 0.05) is 10.8 Å². The molecule has 5 aromatic rings. The van der Waals surface area contributed by atoms with E-state index in [-0.39, 0.29) is 0 Å². The van der Waals surface area contributed by atoms with Gasteiger partial charge in [0.05, 0.1) is 19.9 Å². The second-order valence-electron chi connectivity index (χ2n) is 7.51. The lowest BCUT2D eigenvalue weighted by molar-refractivity contribution is 0.348. The number of rotatable bonds is 7. The molecule has 0 aliphatic carbocycles. The predicted octanol–water partition coefficient (Wildman–Crippen LogP) is 6.29. The number of hydrogen-bond acceptors (Lipinski definition) is 4. The van der Waals surface area contributed by atoms with Gasteiger partial charge in [-0.1, -0.05) is 78.9 Å². The van der Waals surface area contributed by atoms with Gasteiger partial charge >= 0.3 is 0 Å². The van der Waals surface area contributed by atoms with Crippen LogP contribution in [-0.2, 0) is 0 Å². The molecule has 5 rings (SSSR count). The molecule has 0 saturated heterocycles. The summed E-state index contributed by atoms with van der Waals surface area (Å²) >= 11 is 0. The summed E-state index contributed by atoms with van der Waals surface area (Å²) in [7, 11) is 3.35. The van der Waals surface area contributed by atoms with Crippen LogP contribution >= 0.6 is 0 Å². The molecule has 5 nitrogen and oxygen atoms in total. The number of benzene rings is 4. The molecular formula is C28H24N2O3. The summed E-state index contributed by atoms with van der Waals surface area (Å²) in [5.74, 6) is 1.94. The normalized spacial score (nSPS) is 11.3. The number of fused-ring (bicyclic) bond motifs is 2. The zero-order valence-corrected chi connectivity index (χ0v) is 18.6. The van der Waals surface area contributed by atoms with Crippen molar-refractivity contribution in [2.45, 2.75) is 0 Å². The van der Waals surface area contributed by atoms with Gasteiger partial charge in [0.1, 0.15) is 23.3 Å². The van der Waals surface area contributed by atoms with Crippen LogP contribution in [0.3, 0.4) is 0 Å². The second-order valence-corrected chi connectivity index (χ2v) is 7.51. The topological polar surface area (TPSA) is 45.5 Å². The standard InChI is InChI=1S/C28H24N2O3/c1-31-26-22-17-9-10-18-23(22)27(32-2)25-24(26)28(29-30(25)21-15-7-4-8-16-21)33-19-11-14-20-12-5-3-6-13-20/h3-18H,19H2,1-2H3. The van der Waals surface area contributed by atoms with E-state index in [1.807, 2.05) is 89.6 Å². The van der Waals surface area contributed by atoms with Crippen LogP contribution in [0.25, 0.3) is 33.4 Å². The SMILES string of the molecule is COc1c2ccccc2c(OC)c2c1c(OCC=Cc1ccccc1)nn2-c1ccccc1. The van der Waals surface area contributed by atoms with Crippen molar-refractivity contribution in [1.29, 1.82) is 0 Å². The Morgan fingerprint density at radius 2 is 1.36 bits per heavy atom. The molecule has 0 atom stereocenters. The Bertz CT molecular complexity index is 1420. The summed E-state index contributed by atoms with van der Waals surface area (Å²) in [6.07, 6.45) is 4.01. The number of ether oxygens (including phenoxy) is 3. The Morgan fingerprint density at radius 1 is 0.758 bits per heavy atom. The van der Waals surface area contributed by atoms with E-state index in [2.05, 4.69) is 12.1 Å². The van der Waals surface area contributed by atoms with Crippen molar-refractivity contribution in [2.75, 3.05) is 20.8 Å². The highest BCUT2D eigenvalue weighted by Crippen LogP contribution is 2.46. The largest absolute Gasteiger partial charge is 0.495 e. The van der Waals surface area contributed by atoms with Gasteiger partial charge in [0.15, 0.2) is 5.75 Å². The van der Waals surface area contributed by atoms with Crippen LogP contribution in [-0.4, -0.2) is 30.6 Å². The molecule has 0 amide bonds. The summed E-state index contributed by atoms with van der Waals surface area (Å²) in [5.41, 5.74) is 2.83. The Balaban J connectivity index is 1.69. The van der Waals surface area contributed by atoms with Gasteiger partial charge in [-0.15, -0.1) is 5.10 Å². The molecule has 0 radical (unpaired) electrons. The van der Waals surface area contributed by atoms with Crippen LogP contribution in [0.15, 0.2) is 91.0 Å². The van der Waals surface area contributed by atoms with Gasteiger partial charge in [0.2, 0.25) is 5.88 Å². The Labute approximate surface area is 192 Å². The molecule has 5 heteroatoms. The van der Waals surface area contributed by atoms with Crippen LogP contribution in [0.2, 0.25) is 0 Å². The second kappa shape index (κ2) is 9.09. The highest BCUT2D eigenvalue weighted by atomic mass is 16.5. The van der Waals surface area contributed by atoms with Crippen molar-refractivity contribution < 1.29 is 14.2 Å². The molecular weight excluding hydrogens is 412 g/mol. The number of hydrogen-bond donors (Lipinski definition) is 0. The summed E-state index contributed by atoms with van der Waals surface area (Å²) in [5, 5.41) is 7.53. The third kappa shape index (κ3) is 3.78. The van der Waals surface area contributed by atoms with E-state index >= 15 is 0 Å². The Hall–Kier alpha value is -4.25. The first-order valence-electron chi connectivity index (χ1n) is 10.8. The van der Waals surface area contributed by atoms with Crippen LogP contribution in [0.1, 0.15) is 5.56 Å². The first-order valence-corrected chi connectivity index (χ1v) is 10.8. The molecule has 0 spiro atoms. The van der Waals surface area contributed by atoms with Crippen molar-refractivity contribution in [3.8, 4) is 23.1 Å². The lowest BCUT2D eigenvalue weighted by atomic mass is 10.0. The minimum atomic E-state index is 0.369. The number of aromatic nitrogens is 2. The molecule has 0 N–H and O–H groups in total. The van der Waals surface area contributed by atoms with E-state index in [1.54, 1.807) is 14.2 Å². The third-order valence-corrected chi connectivity index (χ3v) is 5.55. The minimum Gasteiger partial charge on any atom is -0.495 e. The average molecular weight is 437 g/mol. The fourth-order valence-corrected chi connectivity index (χ4v) is 4.10. The Morgan fingerprint density at radius 3 is 2.03 bits per heavy atom. The molecule has 0 unspecified atom stereocenters. The van der Waals surface area contributed by atoms with Crippen LogP contribution in [0.5, 0.6) is 17.4 Å². The molecule has 1 heterocycles. The first kappa shape index (κ1) is 20.6. The summed E-state index contributed by atoms with van der Waals surface area (Å²) in [6.45, 7) is 0.369.